The Morgan fingerprint density at radius 2 is 1.68 bits per heavy atom. The lowest BCUT2D eigenvalue weighted by molar-refractivity contribution is 0.122. The molecular formula is C23H24N4O3S. The quantitative estimate of drug-likeness (QED) is 0.587. The summed E-state index contributed by atoms with van der Waals surface area (Å²) in [6.45, 7) is 2.51. The number of nitrogens with zero attached hydrogens (tertiary/aromatic N) is 4. The maximum absolute atomic E-state index is 13.3. The second-order valence-corrected chi connectivity index (χ2v) is 9.95. The summed E-state index contributed by atoms with van der Waals surface area (Å²) in [6.07, 6.45) is 6.88. The van der Waals surface area contributed by atoms with Crippen LogP contribution in [0.15, 0.2) is 64.6 Å². The van der Waals surface area contributed by atoms with E-state index in [4.69, 9.17) is 9.72 Å². The van der Waals surface area contributed by atoms with Crippen molar-refractivity contribution in [1.29, 1.82) is 0 Å². The van der Waals surface area contributed by atoms with Crippen molar-refractivity contribution >= 4 is 15.7 Å². The number of pyridine rings is 1. The predicted octanol–water partition coefficient (Wildman–Crippen LogP) is 3.16. The fourth-order valence-electron chi connectivity index (χ4n) is 3.66. The lowest BCUT2D eigenvalue weighted by Crippen LogP contribution is -2.36. The Kier molecular flexibility index (Phi) is 5.41. The van der Waals surface area contributed by atoms with Crippen molar-refractivity contribution in [3.05, 3.63) is 60.7 Å². The van der Waals surface area contributed by atoms with Gasteiger partial charge in [0.1, 0.15) is 11.6 Å². The molecule has 8 heteroatoms. The van der Waals surface area contributed by atoms with E-state index in [0.29, 0.717) is 49.3 Å². The summed E-state index contributed by atoms with van der Waals surface area (Å²) in [6, 6.07) is 11.7. The van der Waals surface area contributed by atoms with Gasteiger partial charge in [-0.1, -0.05) is 18.2 Å². The molecule has 2 aromatic heterocycles. The molecule has 1 aromatic carbocycles. The van der Waals surface area contributed by atoms with Gasteiger partial charge in [0, 0.05) is 37.5 Å². The van der Waals surface area contributed by atoms with Gasteiger partial charge in [-0.05, 0) is 43.0 Å². The molecule has 3 aromatic rings. The first-order valence-electron chi connectivity index (χ1n) is 10.6. The highest BCUT2D eigenvalue weighted by Crippen LogP contribution is 2.32. The molecule has 1 saturated carbocycles. The second kappa shape index (κ2) is 8.36. The van der Waals surface area contributed by atoms with Crippen molar-refractivity contribution in [1.82, 2.24) is 15.0 Å². The van der Waals surface area contributed by atoms with Crippen molar-refractivity contribution in [3.63, 3.8) is 0 Å². The Bertz CT molecular complexity index is 1160. The summed E-state index contributed by atoms with van der Waals surface area (Å²) in [5.74, 6) is 2.15. The molecule has 0 atom stereocenters. The molecule has 2 fully saturated rings. The zero-order chi connectivity index (χ0) is 21.3. The minimum absolute atomic E-state index is 0.215. The van der Waals surface area contributed by atoms with Crippen LogP contribution in [0.5, 0.6) is 0 Å². The van der Waals surface area contributed by atoms with Crippen molar-refractivity contribution in [2.75, 3.05) is 31.2 Å². The van der Waals surface area contributed by atoms with E-state index in [1.54, 1.807) is 54.9 Å². The Morgan fingerprint density at radius 1 is 0.968 bits per heavy atom. The van der Waals surface area contributed by atoms with Gasteiger partial charge in [0.05, 0.1) is 28.7 Å². The highest BCUT2D eigenvalue weighted by atomic mass is 32.2. The van der Waals surface area contributed by atoms with E-state index in [2.05, 4.69) is 14.9 Å². The van der Waals surface area contributed by atoms with Crippen LogP contribution in [0.2, 0.25) is 0 Å². The minimum atomic E-state index is -3.69. The average molecular weight is 437 g/mol. The van der Waals surface area contributed by atoms with Gasteiger partial charge in [-0.15, -0.1) is 0 Å². The SMILES string of the molecule is O=S(=O)(c1ccccc1)c1cc(-c2cnc(CC3CC3)nc2)nc(N2CCOCC2)c1. The number of ether oxygens (including phenoxy) is 1. The zero-order valence-electron chi connectivity index (χ0n) is 17.1. The third kappa shape index (κ3) is 4.45. The van der Waals surface area contributed by atoms with Gasteiger partial charge in [0.25, 0.3) is 0 Å². The van der Waals surface area contributed by atoms with Gasteiger partial charge < -0.3 is 9.64 Å². The van der Waals surface area contributed by atoms with E-state index in [9.17, 15) is 8.42 Å². The van der Waals surface area contributed by atoms with Gasteiger partial charge in [-0.2, -0.15) is 0 Å². The predicted molar refractivity (Wildman–Crippen MR) is 117 cm³/mol. The van der Waals surface area contributed by atoms with Gasteiger partial charge in [0.2, 0.25) is 9.84 Å². The fourth-order valence-corrected chi connectivity index (χ4v) is 4.97. The molecule has 5 rings (SSSR count). The monoisotopic (exact) mass is 436 g/mol. The molecular weight excluding hydrogens is 412 g/mol. The number of aromatic nitrogens is 3. The highest BCUT2D eigenvalue weighted by Gasteiger charge is 2.24. The van der Waals surface area contributed by atoms with Crippen LogP contribution in [0.1, 0.15) is 18.7 Å². The number of hydrogen-bond donors (Lipinski definition) is 0. The topological polar surface area (TPSA) is 85.3 Å². The molecule has 1 aliphatic heterocycles. The first kappa shape index (κ1) is 20.1. The maximum atomic E-state index is 13.3. The largest absolute Gasteiger partial charge is 0.378 e. The van der Waals surface area contributed by atoms with Crippen LogP contribution in [-0.2, 0) is 21.0 Å². The molecule has 160 valence electrons. The second-order valence-electron chi connectivity index (χ2n) is 8.00. The van der Waals surface area contributed by atoms with Gasteiger partial charge in [-0.25, -0.2) is 23.4 Å². The third-order valence-electron chi connectivity index (χ3n) is 5.65. The van der Waals surface area contributed by atoms with Crippen LogP contribution >= 0.6 is 0 Å². The van der Waals surface area contributed by atoms with Crippen LogP contribution < -0.4 is 4.90 Å². The van der Waals surface area contributed by atoms with Crippen LogP contribution in [0.4, 0.5) is 5.82 Å². The van der Waals surface area contributed by atoms with Crippen molar-refractivity contribution in [2.24, 2.45) is 5.92 Å². The van der Waals surface area contributed by atoms with Gasteiger partial charge in [-0.3, -0.25) is 0 Å². The van der Waals surface area contributed by atoms with Gasteiger partial charge in [0.15, 0.2) is 0 Å². The molecule has 0 amide bonds. The van der Waals surface area contributed by atoms with Crippen molar-refractivity contribution in [2.45, 2.75) is 29.1 Å². The summed E-state index contributed by atoms with van der Waals surface area (Å²) in [5.41, 5.74) is 1.26. The molecule has 3 heterocycles. The van der Waals surface area contributed by atoms with E-state index in [0.717, 1.165) is 12.2 Å². The summed E-state index contributed by atoms with van der Waals surface area (Å²) in [5, 5.41) is 0. The summed E-state index contributed by atoms with van der Waals surface area (Å²) < 4.78 is 32.1. The Balaban J connectivity index is 1.56. The molecule has 2 aliphatic rings. The maximum Gasteiger partial charge on any atom is 0.206 e. The molecule has 1 aliphatic carbocycles. The van der Waals surface area contributed by atoms with E-state index in [1.807, 2.05) is 0 Å². The number of rotatable bonds is 6. The molecule has 0 N–H and O–H groups in total. The van der Waals surface area contributed by atoms with Crippen molar-refractivity contribution in [3.8, 4) is 11.3 Å². The number of anilines is 1. The fraction of sp³-hybridized carbons (Fsp3) is 0.348. The van der Waals surface area contributed by atoms with Crippen LogP contribution in [-0.4, -0.2) is 49.7 Å². The first-order valence-corrected chi connectivity index (χ1v) is 12.0. The van der Waals surface area contributed by atoms with E-state index < -0.39 is 9.84 Å². The number of benzene rings is 1. The number of sulfone groups is 1. The molecule has 0 unspecified atom stereocenters. The lowest BCUT2D eigenvalue weighted by Gasteiger charge is -2.28. The Labute approximate surface area is 182 Å². The molecule has 1 saturated heterocycles. The van der Waals surface area contributed by atoms with Gasteiger partial charge >= 0.3 is 0 Å². The lowest BCUT2D eigenvalue weighted by atomic mass is 10.2. The zero-order valence-corrected chi connectivity index (χ0v) is 18.0. The standard InChI is InChI=1S/C23H24N4O3S/c28-31(29,19-4-2-1-3-5-19)20-13-21(26-23(14-20)27-8-10-30-11-9-27)18-15-24-22(25-16-18)12-17-6-7-17/h1-5,13-17H,6-12H2. The summed E-state index contributed by atoms with van der Waals surface area (Å²) in [7, 11) is -3.69. The average Bonchev–Trinajstić information content (AvgIpc) is 3.64. The van der Waals surface area contributed by atoms with Crippen LogP contribution in [0.25, 0.3) is 11.3 Å². The molecule has 0 bridgehead atoms. The van der Waals surface area contributed by atoms with Crippen LogP contribution in [0, 0.1) is 5.92 Å². The van der Waals surface area contributed by atoms with E-state index >= 15 is 0 Å². The molecule has 31 heavy (non-hydrogen) atoms. The molecule has 0 radical (unpaired) electrons. The smallest absolute Gasteiger partial charge is 0.206 e. The molecule has 0 spiro atoms. The number of morpholine rings is 1. The summed E-state index contributed by atoms with van der Waals surface area (Å²) in [4.78, 5) is 16.3. The molecule has 7 nitrogen and oxygen atoms in total. The highest BCUT2D eigenvalue weighted by molar-refractivity contribution is 7.91. The first-order chi connectivity index (χ1) is 15.1. The normalized spacial score (nSPS) is 17.0. The van der Waals surface area contributed by atoms with Crippen molar-refractivity contribution < 1.29 is 13.2 Å². The Hall–Kier alpha value is -2.84. The summed E-state index contributed by atoms with van der Waals surface area (Å²) >= 11 is 0. The van der Waals surface area contributed by atoms with Crippen LogP contribution in [0.3, 0.4) is 0 Å². The number of hydrogen-bond acceptors (Lipinski definition) is 7. The van der Waals surface area contributed by atoms with E-state index in [1.165, 1.54) is 12.8 Å². The third-order valence-corrected chi connectivity index (χ3v) is 7.40. The Morgan fingerprint density at radius 3 is 2.35 bits per heavy atom. The minimum Gasteiger partial charge on any atom is -0.378 e. The van der Waals surface area contributed by atoms with E-state index in [-0.39, 0.29) is 9.79 Å².